The number of esters is 1. The van der Waals surface area contributed by atoms with Crippen LogP contribution < -0.4 is 10.5 Å². The van der Waals surface area contributed by atoms with E-state index in [0.717, 1.165) is 16.9 Å². The van der Waals surface area contributed by atoms with E-state index in [4.69, 9.17) is 10.5 Å². The molecule has 1 unspecified atom stereocenters. The fraction of sp³-hybridized carbons (Fsp3) is 0.462. The Hall–Kier alpha value is -1.55. The van der Waals surface area contributed by atoms with Crippen molar-refractivity contribution in [1.29, 1.82) is 0 Å². The highest BCUT2D eigenvalue weighted by atomic mass is 16.5. The van der Waals surface area contributed by atoms with Gasteiger partial charge in [0, 0.05) is 5.92 Å². The SMILES string of the molecule is COC(=O)CC(CN)c1ccc(OC)c(C)c1. The standard InChI is InChI=1S/C13H19NO3/c1-9-6-10(4-5-12(9)16-2)11(8-14)7-13(15)17-3/h4-6,11H,7-8,14H2,1-3H3. The molecular weight excluding hydrogens is 218 g/mol. The third-order valence-electron chi connectivity index (χ3n) is 2.82. The Balaban J connectivity index is 2.88. The lowest BCUT2D eigenvalue weighted by molar-refractivity contribution is -0.141. The number of benzene rings is 1. The number of rotatable bonds is 5. The fourth-order valence-electron chi connectivity index (χ4n) is 1.78. The zero-order chi connectivity index (χ0) is 12.8. The van der Waals surface area contributed by atoms with Crippen molar-refractivity contribution in [2.45, 2.75) is 19.3 Å². The summed E-state index contributed by atoms with van der Waals surface area (Å²) >= 11 is 0. The van der Waals surface area contributed by atoms with Crippen LogP contribution in [0, 0.1) is 6.92 Å². The largest absolute Gasteiger partial charge is 0.496 e. The zero-order valence-corrected chi connectivity index (χ0v) is 10.5. The van der Waals surface area contributed by atoms with Crippen molar-refractivity contribution >= 4 is 5.97 Å². The maximum absolute atomic E-state index is 11.3. The van der Waals surface area contributed by atoms with Crippen LogP contribution in [0.1, 0.15) is 23.5 Å². The summed E-state index contributed by atoms with van der Waals surface area (Å²) in [5.74, 6) is 0.587. The first-order valence-corrected chi connectivity index (χ1v) is 5.53. The minimum absolute atomic E-state index is 0.00736. The maximum Gasteiger partial charge on any atom is 0.306 e. The summed E-state index contributed by atoms with van der Waals surface area (Å²) < 4.78 is 9.85. The van der Waals surface area contributed by atoms with Crippen LogP contribution in [0.5, 0.6) is 5.75 Å². The molecule has 1 aromatic rings. The topological polar surface area (TPSA) is 61.5 Å². The summed E-state index contributed by atoms with van der Waals surface area (Å²) in [5.41, 5.74) is 7.76. The first kappa shape index (κ1) is 13.5. The van der Waals surface area contributed by atoms with Gasteiger partial charge in [0.2, 0.25) is 0 Å². The van der Waals surface area contributed by atoms with Crippen molar-refractivity contribution < 1.29 is 14.3 Å². The molecule has 0 aliphatic heterocycles. The Morgan fingerprint density at radius 2 is 2.12 bits per heavy atom. The molecule has 0 heterocycles. The molecule has 0 saturated heterocycles. The molecule has 0 amide bonds. The van der Waals surface area contributed by atoms with Gasteiger partial charge in [0.05, 0.1) is 20.6 Å². The molecule has 1 rings (SSSR count). The summed E-state index contributed by atoms with van der Waals surface area (Å²) in [6.07, 6.45) is 0.304. The van der Waals surface area contributed by atoms with Gasteiger partial charge in [-0.25, -0.2) is 0 Å². The van der Waals surface area contributed by atoms with Gasteiger partial charge in [-0.1, -0.05) is 12.1 Å². The van der Waals surface area contributed by atoms with Crippen LogP contribution >= 0.6 is 0 Å². The van der Waals surface area contributed by atoms with Crippen LogP contribution in [-0.2, 0) is 9.53 Å². The monoisotopic (exact) mass is 237 g/mol. The third-order valence-corrected chi connectivity index (χ3v) is 2.82. The van der Waals surface area contributed by atoms with Gasteiger partial charge < -0.3 is 15.2 Å². The Bertz CT molecular complexity index is 390. The Kier molecular flexibility index (Phi) is 4.97. The molecule has 1 aromatic carbocycles. The van der Waals surface area contributed by atoms with E-state index in [1.807, 2.05) is 25.1 Å². The molecule has 94 valence electrons. The van der Waals surface area contributed by atoms with Crippen LogP contribution in [0.2, 0.25) is 0 Å². The molecule has 0 fully saturated rings. The van der Waals surface area contributed by atoms with E-state index >= 15 is 0 Å². The summed E-state index contributed by atoms with van der Waals surface area (Å²) in [7, 11) is 3.02. The quantitative estimate of drug-likeness (QED) is 0.790. The molecule has 4 nitrogen and oxygen atoms in total. The molecule has 1 atom stereocenters. The van der Waals surface area contributed by atoms with Crippen molar-refractivity contribution in [2.24, 2.45) is 5.73 Å². The van der Waals surface area contributed by atoms with Crippen molar-refractivity contribution in [2.75, 3.05) is 20.8 Å². The van der Waals surface area contributed by atoms with E-state index in [9.17, 15) is 4.79 Å². The number of nitrogens with two attached hydrogens (primary N) is 1. The summed E-state index contributed by atoms with van der Waals surface area (Å²) in [6.45, 7) is 2.38. The number of ether oxygens (including phenoxy) is 2. The molecule has 0 bridgehead atoms. The van der Waals surface area contributed by atoms with Crippen LogP contribution in [0.25, 0.3) is 0 Å². The van der Waals surface area contributed by atoms with E-state index in [1.54, 1.807) is 7.11 Å². The molecule has 0 aromatic heterocycles. The summed E-state index contributed by atoms with van der Waals surface area (Å²) in [5, 5.41) is 0. The fourth-order valence-corrected chi connectivity index (χ4v) is 1.78. The maximum atomic E-state index is 11.3. The van der Waals surface area contributed by atoms with Crippen LogP contribution in [0.15, 0.2) is 18.2 Å². The molecule has 4 heteroatoms. The summed E-state index contributed by atoms with van der Waals surface area (Å²) in [4.78, 5) is 11.3. The molecule has 0 aliphatic rings. The van der Waals surface area contributed by atoms with Gasteiger partial charge in [0.1, 0.15) is 5.75 Å². The van der Waals surface area contributed by atoms with E-state index < -0.39 is 0 Å². The lowest BCUT2D eigenvalue weighted by atomic mass is 9.94. The van der Waals surface area contributed by atoms with E-state index in [2.05, 4.69) is 4.74 Å². The van der Waals surface area contributed by atoms with Crippen molar-refractivity contribution in [3.8, 4) is 5.75 Å². The molecule has 0 aliphatic carbocycles. The highest BCUT2D eigenvalue weighted by molar-refractivity contribution is 5.70. The average Bonchev–Trinajstić information content (AvgIpc) is 2.35. The number of aryl methyl sites for hydroxylation is 1. The molecule has 2 N–H and O–H groups in total. The van der Waals surface area contributed by atoms with Gasteiger partial charge in [-0.05, 0) is 30.7 Å². The number of carbonyl (C=O) groups excluding carboxylic acids is 1. The van der Waals surface area contributed by atoms with Gasteiger partial charge in [-0.3, -0.25) is 4.79 Å². The molecular formula is C13H19NO3. The van der Waals surface area contributed by atoms with E-state index in [0.29, 0.717) is 13.0 Å². The predicted octanol–water partition coefficient (Wildman–Crippen LogP) is 1.61. The average molecular weight is 237 g/mol. The van der Waals surface area contributed by atoms with Crippen molar-refractivity contribution in [3.05, 3.63) is 29.3 Å². The normalized spacial score (nSPS) is 12.0. The highest BCUT2D eigenvalue weighted by Crippen LogP contribution is 2.25. The van der Waals surface area contributed by atoms with Gasteiger partial charge >= 0.3 is 5.97 Å². The molecule has 0 saturated carbocycles. The van der Waals surface area contributed by atoms with Crippen LogP contribution in [0.4, 0.5) is 0 Å². The number of methoxy groups -OCH3 is 2. The number of hydrogen-bond donors (Lipinski definition) is 1. The van der Waals surface area contributed by atoms with E-state index in [1.165, 1.54) is 7.11 Å². The molecule has 0 spiro atoms. The van der Waals surface area contributed by atoms with Gasteiger partial charge in [-0.15, -0.1) is 0 Å². The summed E-state index contributed by atoms with van der Waals surface area (Å²) in [6, 6.07) is 5.83. The number of hydrogen-bond acceptors (Lipinski definition) is 4. The first-order valence-electron chi connectivity index (χ1n) is 5.53. The lowest BCUT2D eigenvalue weighted by Gasteiger charge is -2.15. The minimum Gasteiger partial charge on any atom is -0.496 e. The predicted molar refractivity (Wildman–Crippen MR) is 66.2 cm³/mol. The van der Waals surface area contributed by atoms with E-state index in [-0.39, 0.29) is 11.9 Å². The second-order valence-electron chi connectivity index (χ2n) is 3.94. The second-order valence-corrected chi connectivity index (χ2v) is 3.94. The smallest absolute Gasteiger partial charge is 0.306 e. The van der Waals surface area contributed by atoms with Crippen LogP contribution in [0.3, 0.4) is 0 Å². The van der Waals surface area contributed by atoms with Crippen molar-refractivity contribution in [3.63, 3.8) is 0 Å². The lowest BCUT2D eigenvalue weighted by Crippen LogP contribution is -2.17. The zero-order valence-electron chi connectivity index (χ0n) is 10.5. The Labute approximate surface area is 102 Å². The van der Waals surface area contributed by atoms with Gasteiger partial charge in [0.15, 0.2) is 0 Å². The Morgan fingerprint density at radius 1 is 1.41 bits per heavy atom. The minimum atomic E-state index is -0.242. The van der Waals surface area contributed by atoms with Crippen molar-refractivity contribution in [1.82, 2.24) is 0 Å². The third kappa shape index (κ3) is 3.46. The Morgan fingerprint density at radius 3 is 2.59 bits per heavy atom. The molecule has 0 radical (unpaired) electrons. The second kappa shape index (κ2) is 6.25. The first-order chi connectivity index (χ1) is 8.12. The number of carbonyl (C=O) groups is 1. The molecule has 17 heavy (non-hydrogen) atoms. The highest BCUT2D eigenvalue weighted by Gasteiger charge is 2.15. The van der Waals surface area contributed by atoms with Crippen LogP contribution in [-0.4, -0.2) is 26.7 Å². The van der Waals surface area contributed by atoms with Gasteiger partial charge in [-0.2, -0.15) is 0 Å². The van der Waals surface area contributed by atoms with Gasteiger partial charge in [0.25, 0.3) is 0 Å².